The lowest BCUT2D eigenvalue weighted by Crippen LogP contribution is -2.17. The van der Waals surface area contributed by atoms with E-state index in [-0.39, 0.29) is 11.3 Å². The lowest BCUT2D eigenvalue weighted by molar-refractivity contribution is -0.138. The zero-order valence-corrected chi connectivity index (χ0v) is 12.4. The topological polar surface area (TPSA) is 59.9 Å². The van der Waals surface area contributed by atoms with Crippen LogP contribution in [0.2, 0.25) is 0 Å². The molecule has 0 N–H and O–H groups in total. The van der Waals surface area contributed by atoms with Crippen LogP contribution in [0.15, 0.2) is 42.9 Å². The number of benzene rings is 1. The summed E-state index contributed by atoms with van der Waals surface area (Å²) in [6.45, 7) is 1.38. The van der Waals surface area contributed by atoms with E-state index in [1.54, 1.807) is 0 Å². The van der Waals surface area contributed by atoms with E-state index in [0.717, 1.165) is 6.07 Å². The van der Waals surface area contributed by atoms with Crippen molar-refractivity contribution in [3.63, 3.8) is 0 Å². The van der Waals surface area contributed by atoms with Crippen LogP contribution in [0.5, 0.6) is 0 Å². The first kappa shape index (κ1) is 16.4. The fourth-order valence-electron chi connectivity index (χ4n) is 1.97. The molecule has 0 spiro atoms. The number of hydrogen-bond donors (Lipinski definition) is 0. The van der Waals surface area contributed by atoms with Crippen LogP contribution in [-0.2, 0) is 21.8 Å². The molecule has 0 amide bonds. The van der Waals surface area contributed by atoms with Crippen LogP contribution >= 0.6 is 0 Å². The normalized spacial score (nSPS) is 13.8. The van der Waals surface area contributed by atoms with Crippen LogP contribution in [0.3, 0.4) is 0 Å². The van der Waals surface area contributed by atoms with Gasteiger partial charge in [-0.15, -0.1) is 0 Å². The molecule has 1 heterocycles. The predicted octanol–water partition coefficient (Wildman–Crippen LogP) is 3.17. The summed E-state index contributed by atoms with van der Waals surface area (Å²) in [5.41, 5.74) is -1.01. The molecule has 1 aromatic carbocycles. The molecule has 1 aromatic heterocycles. The summed E-state index contributed by atoms with van der Waals surface area (Å²) < 4.78 is 63.5. The van der Waals surface area contributed by atoms with E-state index in [9.17, 15) is 21.6 Å². The quantitative estimate of drug-likeness (QED) is 0.864. The molecule has 4 nitrogen and oxygen atoms in total. The molecule has 118 valence electrons. The first-order chi connectivity index (χ1) is 10.2. The molecule has 0 saturated carbocycles. The van der Waals surface area contributed by atoms with Gasteiger partial charge in [0.25, 0.3) is 0 Å². The number of aromatic nitrogens is 2. The van der Waals surface area contributed by atoms with Gasteiger partial charge in [0.2, 0.25) is 0 Å². The highest BCUT2D eigenvalue weighted by atomic mass is 32.2. The van der Waals surface area contributed by atoms with E-state index in [2.05, 4.69) is 9.97 Å². The third kappa shape index (κ3) is 3.62. The third-order valence-corrected chi connectivity index (χ3v) is 5.25. The molecule has 22 heavy (non-hydrogen) atoms. The van der Waals surface area contributed by atoms with Crippen LogP contribution in [0.1, 0.15) is 29.0 Å². The molecule has 0 fully saturated rings. The van der Waals surface area contributed by atoms with Gasteiger partial charge in [0.05, 0.1) is 17.0 Å². The Kier molecular flexibility index (Phi) is 4.50. The van der Waals surface area contributed by atoms with Gasteiger partial charge in [-0.1, -0.05) is 18.2 Å². The Balaban J connectivity index is 2.34. The number of rotatable bonds is 4. The van der Waals surface area contributed by atoms with E-state index in [1.807, 2.05) is 0 Å². The number of alkyl halides is 3. The molecular formula is C14H13F3N2O2S. The van der Waals surface area contributed by atoms with Gasteiger partial charge < -0.3 is 0 Å². The van der Waals surface area contributed by atoms with Crippen molar-refractivity contribution < 1.29 is 21.6 Å². The summed E-state index contributed by atoms with van der Waals surface area (Å²) in [5, 5.41) is -1.04. The molecule has 2 rings (SSSR count). The van der Waals surface area contributed by atoms with Crippen molar-refractivity contribution in [3.8, 4) is 0 Å². The van der Waals surface area contributed by atoms with Gasteiger partial charge in [-0.05, 0) is 18.6 Å². The smallest absolute Gasteiger partial charge is 0.261 e. The van der Waals surface area contributed by atoms with Crippen LogP contribution in [0.25, 0.3) is 0 Å². The van der Waals surface area contributed by atoms with Crippen molar-refractivity contribution >= 4 is 9.84 Å². The minimum atomic E-state index is -4.60. The highest BCUT2D eigenvalue weighted by Crippen LogP contribution is 2.34. The zero-order chi connectivity index (χ0) is 16.4. The molecule has 8 heteroatoms. The molecule has 2 aromatic rings. The number of halogens is 3. The summed E-state index contributed by atoms with van der Waals surface area (Å²) in [6.07, 6.45) is -0.577. The summed E-state index contributed by atoms with van der Waals surface area (Å²) in [7, 11) is -3.85. The Morgan fingerprint density at radius 3 is 2.45 bits per heavy atom. The van der Waals surface area contributed by atoms with E-state index in [1.165, 1.54) is 43.7 Å². The first-order valence-corrected chi connectivity index (χ1v) is 8.06. The van der Waals surface area contributed by atoms with Crippen molar-refractivity contribution in [1.82, 2.24) is 9.97 Å². The fourth-order valence-corrected chi connectivity index (χ4v) is 3.39. The van der Waals surface area contributed by atoms with Crippen molar-refractivity contribution in [3.05, 3.63) is 59.7 Å². The van der Waals surface area contributed by atoms with E-state index < -0.39 is 32.6 Å². The zero-order valence-electron chi connectivity index (χ0n) is 11.6. The van der Waals surface area contributed by atoms with E-state index in [4.69, 9.17) is 0 Å². The lowest BCUT2D eigenvalue weighted by atomic mass is 10.1. The maximum Gasteiger partial charge on any atom is 0.416 e. The maximum atomic E-state index is 12.9. The Labute approximate surface area is 126 Å². The largest absolute Gasteiger partial charge is 0.416 e. The summed E-state index contributed by atoms with van der Waals surface area (Å²) >= 11 is 0. The maximum absolute atomic E-state index is 12.9. The third-order valence-electron chi connectivity index (χ3n) is 3.22. The molecule has 0 aliphatic heterocycles. The van der Waals surface area contributed by atoms with Crippen molar-refractivity contribution in [1.29, 1.82) is 0 Å². The van der Waals surface area contributed by atoms with Crippen LogP contribution in [-0.4, -0.2) is 18.4 Å². The standard InChI is InChI=1S/C14H13F3N2O2S/c1-10(13-8-18-6-7-19-13)22(20,21)9-11-4-2-3-5-12(11)14(15,16)17/h2-8,10H,9H2,1H3/t10-/m0/s1. The van der Waals surface area contributed by atoms with Gasteiger partial charge in [-0.25, -0.2) is 8.42 Å². The van der Waals surface area contributed by atoms with Crippen molar-refractivity contribution in [2.45, 2.75) is 24.1 Å². The first-order valence-electron chi connectivity index (χ1n) is 6.34. The lowest BCUT2D eigenvalue weighted by Gasteiger charge is -2.15. The molecule has 1 atom stereocenters. The number of nitrogens with zero attached hydrogens (tertiary/aromatic N) is 2. The molecule has 0 aliphatic carbocycles. The monoisotopic (exact) mass is 330 g/mol. The van der Waals surface area contributed by atoms with Crippen molar-refractivity contribution in [2.24, 2.45) is 0 Å². The average Bonchev–Trinajstić information content (AvgIpc) is 2.46. The summed E-state index contributed by atoms with van der Waals surface area (Å²) in [6, 6.07) is 4.65. The van der Waals surface area contributed by atoms with Crippen molar-refractivity contribution in [2.75, 3.05) is 0 Å². The van der Waals surface area contributed by atoms with Gasteiger partial charge in [0, 0.05) is 18.6 Å². The molecule has 0 saturated heterocycles. The molecular weight excluding hydrogens is 317 g/mol. The van der Waals surface area contributed by atoms with Gasteiger partial charge >= 0.3 is 6.18 Å². The van der Waals surface area contributed by atoms with Gasteiger partial charge in [-0.2, -0.15) is 13.2 Å². The SMILES string of the molecule is C[C@@H](c1cnccn1)S(=O)(=O)Cc1ccccc1C(F)(F)F. The molecule has 0 radical (unpaired) electrons. The Hall–Kier alpha value is -1.96. The Morgan fingerprint density at radius 2 is 1.86 bits per heavy atom. The fraction of sp³-hybridized carbons (Fsp3) is 0.286. The minimum Gasteiger partial charge on any atom is -0.261 e. The highest BCUT2D eigenvalue weighted by molar-refractivity contribution is 7.90. The second-order valence-corrected chi connectivity index (χ2v) is 7.06. The second-order valence-electron chi connectivity index (χ2n) is 4.73. The second kappa shape index (κ2) is 6.04. The van der Waals surface area contributed by atoms with Crippen LogP contribution < -0.4 is 0 Å². The van der Waals surface area contributed by atoms with Gasteiger partial charge in [0.15, 0.2) is 9.84 Å². The van der Waals surface area contributed by atoms with E-state index >= 15 is 0 Å². The summed E-state index contributed by atoms with van der Waals surface area (Å²) in [5.74, 6) is -0.708. The average molecular weight is 330 g/mol. The molecule has 0 unspecified atom stereocenters. The van der Waals surface area contributed by atoms with Gasteiger partial charge in [-0.3, -0.25) is 9.97 Å². The minimum absolute atomic E-state index is 0.201. The number of sulfone groups is 1. The predicted molar refractivity (Wildman–Crippen MR) is 74.5 cm³/mol. The highest BCUT2D eigenvalue weighted by Gasteiger charge is 2.35. The Morgan fingerprint density at radius 1 is 1.18 bits per heavy atom. The van der Waals surface area contributed by atoms with E-state index in [0.29, 0.717) is 0 Å². The van der Waals surface area contributed by atoms with Crippen LogP contribution in [0.4, 0.5) is 13.2 Å². The Bertz CT molecular complexity index is 746. The number of hydrogen-bond acceptors (Lipinski definition) is 4. The van der Waals surface area contributed by atoms with Gasteiger partial charge in [0.1, 0.15) is 5.25 Å². The molecule has 0 bridgehead atoms. The molecule has 0 aliphatic rings. The van der Waals surface area contributed by atoms with Crippen LogP contribution in [0, 0.1) is 0 Å². The summed E-state index contributed by atoms with van der Waals surface area (Å²) in [4.78, 5) is 7.67.